The topological polar surface area (TPSA) is 72.2 Å². The smallest absolute Gasteiger partial charge is 0.278 e. The second kappa shape index (κ2) is 5.88. The van der Waals surface area contributed by atoms with E-state index < -0.39 is 0 Å². The van der Waals surface area contributed by atoms with Gasteiger partial charge in [-0.1, -0.05) is 0 Å². The number of pyridine rings is 2. The Kier molecular flexibility index (Phi) is 3.57. The number of rotatable bonds is 3. The maximum atomic E-state index is 11.3. The maximum Gasteiger partial charge on any atom is 0.278 e. The molecule has 2 aromatic heterocycles. The number of benzene rings is 1. The fourth-order valence-corrected chi connectivity index (χ4v) is 3.56. The maximum absolute atomic E-state index is 11.3. The van der Waals surface area contributed by atoms with E-state index in [0.717, 1.165) is 30.5 Å². The van der Waals surface area contributed by atoms with Crippen LogP contribution in [0, 0.1) is 10.1 Å². The van der Waals surface area contributed by atoms with Crippen LogP contribution in [-0.2, 0) is 0 Å². The number of non-ortho nitro benzene ring substituents is 1. The molecule has 6 nitrogen and oxygen atoms in total. The van der Waals surface area contributed by atoms with E-state index in [0.29, 0.717) is 5.39 Å². The number of hydrogen-bond donors (Lipinski definition) is 0. The molecule has 6 heteroatoms. The molecule has 24 heavy (non-hydrogen) atoms. The molecule has 3 aromatic rings. The monoisotopic (exact) mass is 320 g/mol. The van der Waals surface area contributed by atoms with E-state index in [1.165, 1.54) is 5.56 Å². The molecule has 1 unspecified atom stereocenters. The molecule has 1 fully saturated rings. The third kappa shape index (κ3) is 2.36. The van der Waals surface area contributed by atoms with E-state index >= 15 is 0 Å². The molecular weight excluding hydrogens is 304 g/mol. The van der Waals surface area contributed by atoms with Crippen molar-refractivity contribution in [3.8, 4) is 0 Å². The van der Waals surface area contributed by atoms with Crippen LogP contribution in [-0.4, -0.2) is 21.4 Å². The first kappa shape index (κ1) is 14.6. The van der Waals surface area contributed by atoms with Gasteiger partial charge in [0, 0.05) is 48.5 Å². The SMILES string of the molecule is O=[N+]([O-])c1ccc(N2CCCC2c2ccncc2)c2ccncc12. The fraction of sp³-hybridized carbons (Fsp3) is 0.222. The lowest BCUT2D eigenvalue weighted by Gasteiger charge is -2.28. The number of nitrogens with zero attached hydrogens (tertiary/aromatic N) is 4. The van der Waals surface area contributed by atoms with Crippen LogP contribution in [0.3, 0.4) is 0 Å². The van der Waals surface area contributed by atoms with Crippen molar-refractivity contribution in [3.63, 3.8) is 0 Å². The van der Waals surface area contributed by atoms with Gasteiger partial charge < -0.3 is 4.90 Å². The van der Waals surface area contributed by atoms with E-state index in [2.05, 4.69) is 14.9 Å². The van der Waals surface area contributed by atoms with Gasteiger partial charge in [-0.3, -0.25) is 20.1 Å². The third-order valence-electron chi connectivity index (χ3n) is 4.62. The largest absolute Gasteiger partial charge is 0.364 e. The summed E-state index contributed by atoms with van der Waals surface area (Å²) in [6.45, 7) is 0.933. The van der Waals surface area contributed by atoms with Gasteiger partial charge in [-0.2, -0.15) is 0 Å². The van der Waals surface area contributed by atoms with Gasteiger partial charge in [0.1, 0.15) is 0 Å². The van der Waals surface area contributed by atoms with Crippen LogP contribution in [0.25, 0.3) is 10.8 Å². The number of anilines is 1. The van der Waals surface area contributed by atoms with E-state index in [1.807, 2.05) is 36.7 Å². The molecule has 0 aliphatic carbocycles. The molecule has 0 saturated carbocycles. The summed E-state index contributed by atoms with van der Waals surface area (Å²) < 4.78 is 0. The summed E-state index contributed by atoms with van der Waals surface area (Å²) in [5.41, 5.74) is 2.35. The minimum Gasteiger partial charge on any atom is -0.364 e. The molecule has 3 heterocycles. The van der Waals surface area contributed by atoms with Crippen molar-refractivity contribution >= 4 is 22.1 Å². The minimum absolute atomic E-state index is 0.0986. The zero-order chi connectivity index (χ0) is 16.5. The summed E-state index contributed by atoms with van der Waals surface area (Å²) in [5.74, 6) is 0. The van der Waals surface area contributed by atoms with Crippen LogP contribution < -0.4 is 4.90 Å². The Balaban J connectivity index is 1.85. The van der Waals surface area contributed by atoms with Crippen molar-refractivity contribution in [2.45, 2.75) is 18.9 Å². The summed E-state index contributed by atoms with van der Waals surface area (Å²) in [4.78, 5) is 21.4. The van der Waals surface area contributed by atoms with Gasteiger partial charge in [0.25, 0.3) is 5.69 Å². The second-order valence-corrected chi connectivity index (χ2v) is 5.91. The number of nitro groups is 1. The van der Waals surface area contributed by atoms with Crippen molar-refractivity contribution in [1.29, 1.82) is 0 Å². The first-order valence-corrected chi connectivity index (χ1v) is 7.93. The zero-order valence-electron chi connectivity index (χ0n) is 13.0. The second-order valence-electron chi connectivity index (χ2n) is 5.91. The first-order valence-electron chi connectivity index (χ1n) is 7.93. The summed E-state index contributed by atoms with van der Waals surface area (Å²) in [7, 11) is 0. The Bertz CT molecular complexity index is 898. The number of nitro benzene ring substituents is 1. The van der Waals surface area contributed by atoms with Crippen LogP contribution in [0.1, 0.15) is 24.4 Å². The van der Waals surface area contributed by atoms with Crippen LogP contribution in [0.5, 0.6) is 0 Å². The first-order chi connectivity index (χ1) is 11.8. The van der Waals surface area contributed by atoms with Gasteiger partial charge in [0.05, 0.1) is 16.4 Å². The Morgan fingerprint density at radius 1 is 1.04 bits per heavy atom. The lowest BCUT2D eigenvalue weighted by molar-refractivity contribution is -0.383. The van der Waals surface area contributed by atoms with Gasteiger partial charge in [-0.05, 0) is 42.7 Å². The predicted molar refractivity (Wildman–Crippen MR) is 92.0 cm³/mol. The van der Waals surface area contributed by atoms with Gasteiger partial charge in [0.15, 0.2) is 0 Å². The molecule has 1 aromatic carbocycles. The molecule has 120 valence electrons. The van der Waals surface area contributed by atoms with Crippen LogP contribution in [0.15, 0.2) is 55.1 Å². The molecule has 1 saturated heterocycles. The zero-order valence-corrected chi connectivity index (χ0v) is 13.0. The molecule has 1 atom stereocenters. The molecule has 0 N–H and O–H groups in total. The van der Waals surface area contributed by atoms with Gasteiger partial charge in [-0.25, -0.2) is 0 Å². The van der Waals surface area contributed by atoms with Crippen molar-refractivity contribution in [2.75, 3.05) is 11.4 Å². The fourth-order valence-electron chi connectivity index (χ4n) is 3.56. The van der Waals surface area contributed by atoms with Crippen LogP contribution >= 0.6 is 0 Å². The van der Waals surface area contributed by atoms with E-state index in [4.69, 9.17) is 0 Å². The minimum atomic E-state index is -0.349. The molecule has 4 rings (SSSR count). The van der Waals surface area contributed by atoms with E-state index in [-0.39, 0.29) is 16.7 Å². The Morgan fingerprint density at radius 2 is 1.83 bits per heavy atom. The summed E-state index contributed by atoms with van der Waals surface area (Å²) in [6, 6.07) is 9.66. The van der Waals surface area contributed by atoms with Crippen LogP contribution in [0.4, 0.5) is 11.4 Å². The van der Waals surface area contributed by atoms with Gasteiger partial charge in [-0.15, -0.1) is 0 Å². The average Bonchev–Trinajstić information content (AvgIpc) is 3.11. The Labute approximate surface area is 138 Å². The summed E-state index contributed by atoms with van der Waals surface area (Å²) >= 11 is 0. The van der Waals surface area contributed by atoms with Crippen molar-refractivity contribution in [3.05, 3.63) is 70.8 Å². The highest BCUT2D eigenvalue weighted by Gasteiger charge is 2.28. The highest BCUT2D eigenvalue weighted by atomic mass is 16.6. The number of fused-ring (bicyclic) bond motifs is 1. The quantitative estimate of drug-likeness (QED) is 0.541. The Morgan fingerprint density at radius 3 is 2.62 bits per heavy atom. The number of hydrogen-bond acceptors (Lipinski definition) is 5. The molecule has 0 radical (unpaired) electrons. The van der Waals surface area contributed by atoms with E-state index in [1.54, 1.807) is 18.5 Å². The molecule has 0 amide bonds. The van der Waals surface area contributed by atoms with E-state index in [9.17, 15) is 10.1 Å². The standard InChI is InChI=1S/C18H16N4O2/c23-22(24)18-4-3-17(14-7-10-20-12-15(14)18)21-11-1-2-16(21)13-5-8-19-9-6-13/h3-10,12,16H,1-2,11H2. The summed E-state index contributed by atoms with van der Waals surface area (Å²) in [6.07, 6.45) is 9.04. The predicted octanol–water partition coefficient (Wildman–Crippen LogP) is 3.88. The molecule has 0 bridgehead atoms. The Hall–Kier alpha value is -3.02. The van der Waals surface area contributed by atoms with Gasteiger partial charge >= 0.3 is 0 Å². The third-order valence-corrected chi connectivity index (χ3v) is 4.62. The highest BCUT2D eigenvalue weighted by molar-refractivity contribution is 5.99. The van der Waals surface area contributed by atoms with Crippen molar-refractivity contribution < 1.29 is 4.92 Å². The van der Waals surface area contributed by atoms with Gasteiger partial charge in [0.2, 0.25) is 0 Å². The molecular formula is C18H16N4O2. The van der Waals surface area contributed by atoms with Crippen molar-refractivity contribution in [1.82, 2.24) is 9.97 Å². The molecule has 1 aliphatic heterocycles. The summed E-state index contributed by atoms with van der Waals surface area (Å²) in [5, 5.41) is 12.7. The lowest BCUT2D eigenvalue weighted by Crippen LogP contribution is -2.22. The highest BCUT2D eigenvalue weighted by Crippen LogP contribution is 2.41. The molecule has 0 spiro atoms. The normalized spacial score (nSPS) is 17.3. The van der Waals surface area contributed by atoms with Crippen LogP contribution in [0.2, 0.25) is 0 Å². The lowest BCUT2D eigenvalue weighted by atomic mass is 10.0. The average molecular weight is 320 g/mol. The number of aromatic nitrogens is 2. The molecule has 1 aliphatic rings. The van der Waals surface area contributed by atoms with Crippen molar-refractivity contribution in [2.24, 2.45) is 0 Å².